The van der Waals surface area contributed by atoms with Gasteiger partial charge in [-0.2, -0.15) is 0 Å². The topological polar surface area (TPSA) is 46.5 Å². The molecule has 0 aromatic heterocycles. The highest BCUT2D eigenvalue weighted by atomic mass is 16.6. The molecule has 1 N–H and O–H groups in total. The van der Waals surface area contributed by atoms with Crippen molar-refractivity contribution in [2.24, 2.45) is 11.8 Å². The lowest BCUT2D eigenvalue weighted by Crippen LogP contribution is -2.19. The van der Waals surface area contributed by atoms with Gasteiger partial charge in [-0.15, -0.1) is 0 Å². The van der Waals surface area contributed by atoms with Crippen LogP contribution < -0.4 is 0 Å². The molecule has 100 valence electrons. The minimum atomic E-state index is -0.0807. The van der Waals surface area contributed by atoms with E-state index in [4.69, 9.17) is 4.74 Å². The van der Waals surface area contributed by atoms with E-state index in [1.165, 1.54) is 5.57 Å². The predicted octanol–water partition coefficient (Wildman–Crippen LogP) is 2.60. The highest BCUT2D eigenvalue weighted by Gasteiger charge is 2.40. The van der Waals surface area contributed by atoms with Crippen molar-refractivity contribution in [2.75, 3.05) is 6.61 Å². The van der Waals surface area contributed by atoms with Crippen LogP contribution in [0.25, 0.3) is 0 Å². The molecule has 0 aromatic rings. The number of esters is 1. The maximum absolute atomic E-state index is 11.7. The second-order valence-corrected chi connectivity index (χ2v) is 5.46. The number of hydrogen-bond donors (Lipinski definition) is 1. The summed E-state index contributed by atoms with van der Waals surface area (Å²) in [6, 6.07) is 0. The van der Waals surface area contributed by atoms with Crippen LogP contribution in [-0.2, 0) is 9.53 Å². The summed E-state index contributed by atoms with van der Waals surface area (Å²) in [6.45, 7) is 4.16. The van der Waals surface area contributed by atoms with E-state index in [0.29, 0.717) is 0 Å². The smallest absolute Gasteiger partial charge is 0.309 e. The number of hydrogen-bond acceptors (Lipinski definition) is 3. The Labute approximate surface area is 109 Å². The molecule has 2 rings (SSSR count). The summed E-state index contributed by atoms with van der Waals surface area (Å²) in [5.74, 6) is 0.141. The molecular formula is C15H22O3. The minimum Gasteiger partial charge on any atom is -0.458 e. The zero-order valence-electron chi connectivity index (χ0n) is 11.2. The highest BCUT2D eigenvalue weighted by Crippen LogP contribution is 2.35. The van der Waals surface area contributed by atoms with Gasteiger partial charge in [-0.25, -0.2) is 0 Å². The molecule has 3 heteroatoms. The number of allylic oxidation sites excluding steroid dienone is 2. The lowest BCUT2D eigenvalue weighted by Gasteiger charge is -2.19. The normalized spacial score (nSPS) is 33.3. The van der Waals surface area contributed by atoms with Gasteiger partial charge < -0.3 is 9.84 Å². The maximum Gasteiger partial charge on any atom is 0.309 e. The van der Waals surface area contributed by atoms with E-state index < -0.39 is 0 Å². The first-order chi connectivity index (χ1) is 8.61. The number of fused-ring (bicyclic) bond motifs is 1. The van der Waals surface area contributed by atoms with Crippen molar-refractivity contribution in [3.8, 4) is 0 Å². The van der Waals surface area contributed by atoms with Crippen LogP contribution in [0.3, 0.4) is 0 Å². The fourth-order valence-corrected chi connectivity index (χ4v) is 2.83. The van der Waals surface area contributed by atoms with E-state index in [0.717, 1.165) is 31.3 Å². The van der Waals surface area contributed by atoms with Gasteiger partial charge in [0.1, 0.15) is 6.10 Å². The van der Waals surface area contributed by atoms with Crippen LogP contribution >= 0.6 is 0 Å². The van der Waals surface area contributed by atoms with Crippen LogP contribution in [0, 0.1) is 11.8 Å². The Morgan fingerprint density at radius 3 is 2.94 bits per heavy atom. The largest absolute Gasteiger partial charge is 0.458 e. The van der Waals surface area contributed by atoms with E-state index >= 15 is 0 Å². The third kappa shape index (κ3) is 2.83. The number of carbonyl (C=O) groups is 1. The average molecular weight is 250 g/mol. The van der Waals surface area contributed by atoms with Gasteiger partial charge >= 0.3 is 5.97 Å². The fourth-order valence-electron chi connectivity index (χ4n) is 2.83. The minimum absolute atomic E-state index is 0.0292. The zero-order chi connectivity index (χ0) is 13.1. The van der Waals surface area contributed by atoms with Gasteiger partial charge in [0.2, 0.25) is 0 Å². The van der Waals surface area contributed by atoms with Gasteiger partial charge in [-0.3, -0.25) is 4.79 Å². The molecule has 3 nitrogen and oxygen atoms in total. The number of aliphatic hydroxyl groups is 1. The Morgan fingerprint density at radius 2 is 2.22 bits per heavy atom. The number of rotatable bonds is 1. The zero-order valence-corrected chi connectivity index (χ0v) is 11.2. The third-order valence-corrected chi connectivity index (χ3v) is 4.11. The average Bonchev–Trinajstić information content (AvgIpc) is 2.60. The standard InChI is InChI=1S/C15H22O3/c1-10-4-3-5-12(9-16)6-7-13-11(2)15(17)18-14(13)8-10/h5,8,11,13-14,16H,3-4,6-7,9H2,1-2H3. The Balaban J connectivity index is 2.19. The molecule has 1 saturated heterocycles. The van der Waals surface area contributed by atoms with E-state index in [1.54, 1.807) is 0 Å². The van der Waals surface area contributed by atoms with Crippen LogP contribution in [0.4, 0.5) is 0 Å². The maximum atomic E-state index is 11.7. The molecule has 1 fully saturated rings. The molecule has 0 amide bonds. The van der Waals surface area contributed by atoms with Crippen LogP contribution in [0.15, 0.2) is 23.3 Å². The van der Waals surface area contributed by atoms with Crippen LogP contribution in [0.2, 0.25) is 0 Å². The molecule has 1 heterocycles. The second-order valence-electron chi connectivity index (χ2n) is 5.46. The number of aliphatic hydroxyl groups excluding tert-OH is 1. The molecule has 3 atom stereocenters. The first-order valence-electron chi connectivity index (χ1n) is 6.78. The van der Waals surface area contributed by atoms with Crippen LogP contribution in [-0.4, -0.2) is 23.8 Å². The number of carbonyl (C=O) groups excluding carboxylic acids is 1. The van der Waals surface area contributed by atoms with Crippen LogP contribution in [0.1, 0.15) is 39.5 Å². The molecule has 1 aliphatic heterocycles. The molecule has 3 unspecified atom stereocenters. The summed E-state index contributed by atoms with van der Waals surface area (Å²) < 4.78 is 5.45. The van der Waals surface area contributed by atoms with Gasteiger partial charge in [0.25, 0.3) is 0 Å². The van der Waals surface area contributed by atoms with Gasteiger partial charge in [0.15, 0.2) is 0 Å². The van der Waals surface area contributed by atoms with Crippen molar-refractivity contribution < 1.29 is 14.6 Å². The van der Waals surface area contributed by atoms with Crippen LogP contribution in [0.5, 0.6) is 0 Å². The van der Waals surface area contributed by atoms with Crippen molar-refractivity contribution in [2.45, 2.75) is 45.6 Å². The predicted molar refractivity (Wildman–Crippen MR) is 69.9 cm³/mol. The summed E-state index contributed by atoms with van der Waals surface area (Å²) in [5, 5.41) is 9.31. The molecule has 0 aromatic carbocycles. The molecule has 2 aliphatic rings. The van der Waals surface area contributed by atoms with E-state index in [1.807, 2.05) is 6.92 Å². The van der Waals surface area contributed by atoms with Crippen molar-refractivity contribution in [3.63, 3.8) is 0 Å². The molecular weight excluding hydrogens is 228 g/mol. The Morgan fingerprint density at radius 1 is 1.44 bits per heavy atom. The summed E-state index contributed by atoms with van der Waals surface area (Å²) in [5.41, 5.74) is 2.36. The van der Waals surface area contributed by atoms with Crippen molar-refractivity contribution in [1.29, 1.82) is 0 Å². The number of ether oxygens (including phenoxy) is 1. The molecule has 0 radical (unpaired) electrons. The molecule has 0 spiro atoms. The summed E-state index contributed by atoms with van der Waals surface area (Å²) in [7, 11) is 0. The van der Waals surface area contributed by atoms with Gasteiger partial charge in [-0.1, -0.05) is 18.6 Å². The summed E-state index contributed by atoms with van der Waals surface area (Å²) in [6.07, 6.45) is 7.89. The summed E-state index contributed by atoms with van der Waals surface area (Å²) >= 11 is 0. The Kier molecular flexibility index (Phi) is 4.23. The summed E-state index contributed by atoms with van der Waals surface area (Å²) in [4.78, 5) is 11.7. The van der Waals surface area contributed by atoms with Gasteiger partial charge in [0.05, 0.1) is 12.5 Å². The third-order valence-electron chi connectivity index (χ3n) is 4.11. The highest BCUT2D eigenvalue weighted by molar-refractivity contribution is 5.75. The molecule has 0 bridgehead atoms. The first-order valence-corrected chi connectivity index (χ1v) is 6.78. The second kappa shape index (κ2) is 5.70. The van der Waals surface area contributed by atoms with E-state index in [2.05, 4.69) is 19.1 Å². The van der Waals surface area contributed by atoms with E-state index in [9.17, 15) is 9.90 Å². The lowest BCUT2D eigenvalue weighted by atomic mass is 9.84. The molecule has 18 heavy (non-hydrogen) atoms. The van der Waals surface area contributed by atoms with E-state index in [-0.39, 0.29) is 30.5 Å². The first kappa shape index (κ1) is 13.3. The lowest BCUT2D eigenvalue weighted by molar-refractivity contribution is -0.142. The van der Waals surface area contributed by atoms with Gasteiger partial charge in [0, 0.05) is 5.92 Å². The van der Waals surface area contributed by atoms with Crippen molar-refractivity contribution in [3.05, 3.63) is 23.3 Å². The van der Waals surface area contributed by atoms with Gasteiger partial charge in [-0.05, 0) is 44.3 Å². The SMILES string of the molecule is CC1=CC2OC(=O)C(C)C2CCC(CO)=CCC1. The molecule has 1 aliphatic carbocycles. The van der Waals surface area contributed by atoms with Crippen molar-refractivity contribution in [1.82, 2.24) is 0 Å². The van der Waals surface area contributed by atoms with Crippen molar-refractivity contribution >= 4 is 5.97 Å². The molecule has 0 saturated carbocycles. The Bertz CT molecular complexity index is 381. The Hall–Kier alpha value is -1.09. The fraction of sp³-hybridized carbons (Fsp3) is 0.667. The quantitative estimate of drug-likeness (QED) is 0.575. The monoisotopic (exact) mass is 250 g/mol.